The minimum absolute atomic E-state index is 0.0000854. The Morgan fingerprint density at radius 3 is 2.56 bits per heavy atom. The van der Waals surface area contributed by atoms with Crippen LogP contribution in [0.5, 0.6) is 0 Å². The first kappa shape index (κ1) is 17.6. The van der Waals surface area contributed by atoms with E-state index in [1.54, 1.807) is 36.4 Å². The van der Waals surface area contributed by atoms with E-state index in [2.05, 4.69) is 21.4 Å². The fourth-order valence-corrected chi connectivity index (χ4v) is 3.22. The Bertz CT molecular complexity index is 1070. The Labute approximate surface area is 168 Å². The van der Waals surface area contributed by atoms with Gasteiger partial charge in [-0.2, -0.15) is 0 Å². The van der Waals surface area contributed by atoms with Crippen LogP contribution in [-0.4, -0.2) is 11.8 Å². The maximum atomic E-state index is 12.6. The van der Waals surface area contributed by atoms with Gasteiger partial charge < -0.3 is 4.42 Å². The van der Waals surface area contributed by atoms with Crippen LogP contribution in [0.3, 0.4) is 0 Å². The number of carbonyl (C=O) groups is 2. The number of hydrazine groups is 1. The molecule has 1 saturated heterocycles. The molecule has 1 aromatic heterocycles. The topological polar surface area (TPSA) is 62.6 Å². The van der Waals surface area contributed by atoms with E-state index >= 15 is 0 Å². The minimum atomic E-state index is -0.490. The van der Waals surface area contributed by atoms with Gasteiger partial charge in [-0.3, -0.25) is 15.0 Å². The minimum Gasteiger partial charge on any atom is -0.457 e. The molecule has 7 heteroatoms. The van der Waals surface area contributed by atoms with Crippen molar-refractivity contribution in [3.05, 3.63) is 81.5 Å². The second kappa shape index (κ2) is 7.06. The van der Waals surface area contributed by atoms with Gasteiger partial charge in [0, 0.05) is 15.1 Å². The van der Waals surface area contributed by atoms with Crippen molar-refractivity contribution in [3.63, 3.8) is 0 Å². The van der Waals surface area contributed by atoms with Crippen molar-refractivity contribution in [1.29, 1.82) is 0 Å². The average molecular weight is 444 g/mol. The van der Waals surface area contributed by atoms with Gasteiger partial charge in [-0.1, -0.05) is 39.7 Å². The SMILES string of the molecule is O=C1NN(c2ccc(Cl)cc2)C(=O)/C1=C/c1ccc(-c2cccc(Br)c2)o1. The second-order valence-corrected chi connectivity index (χ2v) is 7.18. The molecular formula is C20H12BrClN2O3. The van der Waals surface area contributed by atoms with Crippen LogP contribution in [-0.2, 0) is 9.59 Å². The summed E-state index contributed by atoms with van der Waals surface area (Å²) in [7, 11) is 0. The molecule has 1 N–H and O–H groups in total. The third-order valence-corrected chi connectivity index (χ3v) is 4.74. The highest BCUT2D eigenvalue weighted by Crippen LogP contribution is 2.27. The summed E-state index contributed by atoms with van der Waals surface area (Å²) in [5.41, 5.74) is 3.95. The Morgan fingerprint density at radius 1 is 1.04 bits per heavy atom. The number of nitrogens with zero attached hydrogens (tertiary/aromatic N) is 1. The van der Waals surface area contributed by atoms with E-state index in [9.17, 15) is 9.59 Å². The number of carbonyl (C=O) groups excluding carboxylic acids is 2. The van der Waals surface area contributed by atoms with E-state index < -0.39 is 11.8 Å². The van der Waals surface area contributed by atoms with Crippen molar-refractivity contribution in [3.8, 4) is 11.3 Å². The molecule has 27 heavy (non-hydrogen) atoms. The first-order valence-electron chi connectivity index (χ1n) is 8.00. The normalized spacial score (nSPS) is 15.5. The van der Waals surface area contributed by atoms with E-state index in [1.165, 1.54) is 11.1 Å². The zero-order valence-corrected chi connectivity index (χ0v) is 16.1. The van der Waals surface area contributed by atoms with Gasteiger partial charge in [0.25, 0.3) is 11.8 Å². The number of anilines is 1. The van der Waals surface area contributed by atoms with E-state index in [0.29, 0.717) is 22.2 Å². The summed E-state index contributed by atoms with van der Waals surface area (Å²) in [4.78, 5) is 24.9. The first-order chi connectivity index (χ1) is 13.0. The molecule has 4 rings (SSSR count). The zero-order valence-electron chi connectivity index (χ0n) is 13.8. The van der Waals surface area contributed by atoms with Gasteiger partial charge in [0.15, 0.2) is 0 Å². The smallest absolute Gasteiger partial charge is 0.282 e. The number of benzene rings is 2. The van der Waals surface area contributed by atoms with Gasteiger partial charge in [-0.15, -0.1) is 0 Å². The van der Waals surface area contributed by atoms with Crippen LogP contribution in [0.15, 0.2) is 75.1 Å². The molecule has 1 fully saturated rings. The molecule has 0 unspecified atom stereocenters. The van der Waals surface area contributed by atoms with Crippen LogP contribution >= 0.6 is 27.5 Å². The van der Waals surface area contributed by atoms with Gasteiger partial charge >= 0.3 is 0 Å². The zero-order chi connectivity index (χ0) is 19.0. The Morgan fingerprint density at radius 2 is 1.81 bits per heavy atom. The van der Waals surface area contributed by atoms with Crippen LogP contribution in [0.4, 0.5) is 5.69 Å². The highest BCUT2D eigenvalue weighted by Gasteiger charge is 2.34. The van der Waals surface area contributed by atoms with Crippen molar-refractivity contribution < 1.29 is 14.0 Å². The highest BCUT2D eigenvalue weighted by atomic mass is 79.9. The van der Waals surface area contributed by atoms with Gasteiger partial charge in [0.1, 0.15) is 17.1 Å². The number of furan rings is 1. The van der Waals surface area contributed by atoms with E-state index in [1.807, 2.05) is 24.3 Å². The summed E-state index contributed by atoms with van der Waals surface area (Å²) < 4.78 is 6.71. The van der Waals surface area contributed by atoms with Crippen molar-refractivity contribution in [2.24, 2.45) is 0 Å². The van der Waals surface area contributed by atoms with E-state index in [0.717, 1.165) is 10.0 Å². The molecule has 0 atom stereocenters. The quantitative estimate of drug-likeness (QED) is 0.466. The Kier molecular flexibility index (Phi) is 4.59. The summed E-state index contributed by atoms with van der Waals surface area (Å²) in [5, 5.41) is 1.73. The third-order valence-electron chi connectivity index (χ3n) is 4.00. The number of hydrogen-bond acceptors (Lipinski definition) is 3. The molecule has 0 saturated carbocycles. The van der Waals surface area contributed by atoms with Crippen molar-refractivity contribution >= 4 is 51.1 Å². The molecule has 0 bridgehead atoms. The maximum Gasteiger partial charge on any atom is 0.282 e. The molecule has 0 aliphatic carbocycles. The Hall–Kier alpha value is -2.83. The van der Waals surface area contributed by atoms with Crippen LogP contribution in [0, 0.1) is 0 Å². The largest absolute Gasteiger partial charge is 0.457 e. The maximum absolute atomic E-state index is 12.6. The summed E-state index contributed by atoms with van der Waals surface area (Å²) in [5.74, 6) is 0.114. The molecule has 2 aromatic carbocycles. The number of rotatable bonds is 3. The lowest BCUT2D eigenvalue weighted by Crippen LogP contribution is -2.35. The van der Waals surface area contributed by atoms with Gasteiger partial charge in [0.05, 0.1) is 5.69 Å². The molecule has 5 nitrogen and oxygen atoms in total. The van der Waals surface area contributed by atoms with E-state index in [-0.39, 0.29) is 5.57 Å². The monoisotopic (exact) mass is 442 g/mol. The first-order valence-corrected chi connectivity index (χ1v) is 9.17. The molecule has 2 heterocycles. The van der Waals surface area contributed by atoms with Crippen molar-refractivity contribution in [1.82, 2.24) is 5.43 Å². The Balaban J connectivity index is 1.61. The van der Waals surface area contributed by atoms with Gasteiger partial charge in [-0.25, -0.2) is 5.01 Å². The average Bonchev–Trinajstić information content (AvgIpc) is 3.23. The van der Waals surface area contributed by atoms with Gasteiger partial charge in [0.2, 0.25) is 0 Å². The molecule has 1 aliphatic heterocycles. The van der Waals surface area contributed by atoms with Gasteiger partial charge in [-0.05, 0) is 54.6 Å². The summed E-state index contributed by atoms with van der Waals surface area (Å²) >= 11 is 9.29. The highest BCUT2D eigenvalue weighted by molar-refractivity contribution is 9.10. The fraction of sp³-hybridized carbons (Fsp3) is 0. The van der Waals surface area contributed by atoms with Crippen LogP contribution < -0.4 is 10.4 Å². The lowest BCUT2D eigenvalue weighted by molar-refractivity contribution is -0.117. The summed E-state index contributed by atoms with van der Waals surface area (Å²) in [6, 6.07) is 17.8. The molecule has 3 aromatic rings. The predicted octanol–water partition coefficient (Wildman–Crippen LogP) is 4.82. The second-order valence-electron chi connectivity index (χ2n) is 5.83. The molecular weight excluding hydrogens is 432 g/mol. The van der Waals surface area contributed by atoms with E-state index in [4.69, 9.17) is 16.0 Å². The van der Waals surface area contributed by atoms with Crippen molar-refractivity contribution in [2.75, 3.05) is 5.01 Å². The molecule has 1 aliphatic rings. The lowest BCUT2D eigenvalue weighted by Gasteiger charge is -2.14. The molecule has 0 spiro atoms. The third kappa shape index (κ3) is 3.54. The number of hydrogen-bond donors (Lipinski definition) is 1. The fourth-order valence-electron chi connectivity index (χ4n) is 2.70. The number of nitrogens with one attached hydrogen (secondary N) is 1. The van der Waals surface area contributed by atoms with Crippen molar-refractivity contribution in [2.45, 2.75) is 0 Å². The van der Waals surface area contributed by atoms with Crippen LogP contribution in [0.25, 0.3) is 17.4 Å². The predicted molar refractivity (Wildman–Crippen MR) is 107 cm³/mol. The number of halogens is 2. The van der Waals surface area contributed by atoms with Crippen LogP contribution in [0.2, 0.25) is 5.02 Å². The molecule has 2 amide bonds. The number of amides is 2. The van der Waals surface area contributed by atoms with Crippen LogP contribution in [0.1, 0.15) is 5.76 Å². The lowest BCUT2D eigenvalue weighted by atomic mass is 10.2. The summed E-state index contributed by atoms with van der Waals surface area (Å²) in [6.07, 6.45) is 1.44. The molecule has 0 radical (unpaired) electrons. The molecule has 134 valence electrons. The summed E-state index contributed by atoms with van der Waals surface area (Å²) in [6.45, 7) is 0. The standard InChI is InChI=1S/C20H12BrClN2O3/c21-13-3-1-2-12(10-13)18-9-8-16(27-18)11-17-19(25)23-24(20(17)26)15-6-4-14(22)5-7-15/h1-11H,(H,23,25)/b17-11+.